The molecule has 0 saturated heterocycles. The fourth-order valence-corrected chi connectivity index (χ4v) is 2.17. The molecule has 0 heterocycles. The third kappa shape index (κ3) is 3.24. The lowest BCUT2D eigenvalue weighted by Crippen LogP contribution is -2.15. The Morgan fingerprint density at radius 2 is 2.21 bits per heavy atom. The summed E-state index contributed by atoms with van der Waals surface area (Å²) in [4.78, 5) is 1.29. The van der Waals surface area contributed by atoms with E-state index in [1.54, 1.807) is 0 Å². The van der Waals surface area contributed by atoms with Crippen LogP contribution in [-0.2, 0) is 0 Å². The highest BCUT2D eigenvalue weighted by Crippen LogP contribution is 2.25. The van der Waals surface area contributed by atoms with Crippen molar-refractivity contribution >= 4 is 17.4 Å². The number of thioether (sulfide) groups is 1. The molecule has 0 unspecified atom stereocenters. The second-order valence-electron chi connectivity index (χ2n) is 3.17. The summed E-state index contributed by atoms with van der Waals surface area (Å²) >= 11 is 1.86. The number of anilines is 1. The largest absolute Gasteiger partial charge is 0.398 e. The first-order valence-corrected chi connectivity index (χ1v) is 5.93. The Labute approximate surface area is 90.3 Å². The van der Waals surface area contributed by atoms with E-state index in [2.05, 4.69) is 25.2 Å². The summed E-state index contributed by atoms with van der Waals surface area (Å²) in [7, 11) is 0. The van der Waals surface area contributed by atoms with E-state index in [4.69, 9.17) is 5.73 Å². The molecule has 0 fully saturated rings. The molecule has 0 amide bonds. The highest BCUT2D eigenvalue weighted by molar-refractivity contribution is 7.99. The van der Waals surface area contributed by atoms with Crippen molar-refractivity contribution < 1.29 is 0 Å². The summed E-state index contributed by atoms with van der Waals surface area (Å²) in [5.74, 6) is 1.10. The van der Waals surface area contributed by atoms with Gasteiger partial charge in [-0.3, -0.25) is 0 Å². The van der Waals surface area contributed by atoms with Gasteiger partial charge in [0.15, 0.2) is 0 Å². The molecule has 2 nitrogen and oxygen atoms in total. The molecule has 0 radical (unpaired) electrons. The molecule has 0 spiro atoms. The van der Waals surface area contributed by atoms with Crippen molar-refractivity contribution in [2.24, 2.45) is 0 Å². The molecule has 0 bridgehead atoms. The van der Waals surface area contributed by atoms with Crippen LogP contribution in [0.2, 0.25) is 0 Å². The summed E-state index contributed by atoms with van der Waals surface area (Å²) in [6.07, 6.45) is 0. The third-order valence-corrected chi connectivity index (χ3v) is 3.27. The monoisotopic (exact) mass is 210 g/mol. The van der Waals surface area contributed by atoms with Crippen LogP contribution in [0, 0.1) is 6.92 Å². The molecular formula is C11H18N2S. The van der Waals surface area contributed by atoms with Crippen LogP contribution >= 0.6 is 11.8 Å². The minimum Gasteiger partial charge on any atom is -0.398 e. The van der Waals surface area contributed by atoms with Crippen molar-refractivity contribution in [1.29, 1.82) is 0 Å². The molecule has 0 atom stereocenters. The summed E-state index contributed by atoms with van der Waals surface area (Å²) in [6.45, 7) is 6.28. The van der Waals surface area contributed by atoms with Gasteiger partial charge < -0.3 is 11.1 Å². The maximum atomic E-state index is 5.82. The van der Waals surface area contributed by atoms with E-state index < -0.39 is 0 Å². The Kier molecular flexibility index (Phi) is 4.84. The van der Waals surface area contributed by atoms with Crippen LogP contribution in [0.15, 0.2) is 23.1 Å². The van der Waals surface area contributed by atoms with Gasteiger partial charge in [0.25, 0.3) is 0 Å². The van der Waals surface area contributed by atoms with E-state index in [0.29, 0.717) is 0 Å². The number of hydrogen-bond donors (Lipinski definition) is 2. The maximum Gasteiger partial charge on any atom is 0.0354 e. The van der Waals surface area contributed by atoms with Crippen molar-refractivity contribution in [3.8, 4) is 0 Å². The quantitative estimate of drug-likeness (QED) is 0.445. The average Bonchev–Trinajstić information content (AvgIpc) is 2.19. The average molecular weight is 210 g/mol. The standard InChI is InChI=1S/C11H18N2S/c1-3-13-7-8-14-11-6-4-5-10(12)9(11)2/h4-6,13H,3,7-8,12H2,1-2H3. The molecule has 1 aromatic carbocycles. The van der Waals surface area contributed by atoms with Crippen LogP contribution in [0.1, 0.15) is 12.5 Å². The van der Waals surface area contributed by atoms with Crippen LogP contribution in [0.25, 0.3) is 0 Å². The minimum absolute atomic E-state index is 0.887. The molecular weight excluding hydrogens is 192 g/mol. The molecule has 3 N–H and O–H groups in total. The van der Waals surface area contributed by atoms with Gasteiger partial charge in [-0.05, 0) is 31.2 Å². The highest BCUT2D eigenvalue weighted by Gasteiger charge is 2.00. The van der Waals surface area contributed by atoms with Gasteiger partial charge in [-0.2, -0.15) is 0 Å². The molecule has 3 heteroatoms. The first-order valence-electron chi connectivity index (χ1n) is 4.94. The Morgan fingerprint density at radius 3 is 2.93 bits per heavy atom. The number of nitrogens with two attached hydrogens (primary N) is 1. The van der Waals surface area contributed by atoms with Crippen LogP contribution in [-0.4, -0.2) is 18.8 Å². The second-order valence-corrected chi connectivity index (χ2v) is 4.31. The van der Waals surface area contributed by atoms with Gasteiger partial charge in [0.2, 0.25) is 0 Å². The number of hydrogen-bond acceptors (Lipinski definition) is 3. The Morgan fingerprint density at radius 1 is 1.43 bits per heavy atom. The van der Waals surface area contributed by atoms with Gasteiger partial charge in [-0.25, -0.2) is 0 Å². The first kappa shape index (κ1) is 11.4. The van der Waals surface area contributed by atoms with Crippen molar-refractivity contribution in [2.45, 2.75) is 18.7 Å². The number of nitrogens with one attached hydrogen (secondary N) is 1. The lowest BCUT2D eigenvalue weighted by atomic mass is 10.2. The number of rotatable bonds is 5. The van der Waals surface area contributed by atoms with E-state index in [1.807, 2.05) is 23.9 Å². The maximum absolute atomic E-state index is 5.82. The summed E-state index contributed by atoms with van der Waals surface area (Å²) in [6, 6.07) is 6.09. The molecule has 78 valence electrons. The van der Waals surface area contributed by atoms with Crippen molar-refractivity contribution in [3.63, 3.8) is 0 Å². The third-order valence-electron chi connectivity index (χ3n) is 2.11. The number of nitrogen functional groups attached to an aromatic ring is 1. The molecule has 0 aliphatic heterocycles. The Balaban J connectivity index is 2.46. The van der Waals surface area contributed by atoms with Crippen LogP contribution < -0.4 is 11.1 Å². The molecule has 0 aliphatic rings. The summed E-state index contributed by atoms with van der Waals surface area (Å²) in [5, 5.41) is 3.30. The van der Waals surface area contributed by atoms with Gasteiger partial charge >= 0.3 is 0 Å². The van der Waals surface area contributed by atoms with Crippen molar-refractivity contribution in [2.75, 3.05) is 24.6 Å². The zero-order valence-electron chi connectivity index (χ0n) is 8.84. The van der Waals surface area contributed by atoms with Crippen molar-refractivity contribution in [3.05, 3.63) is 23.8 Å². The lowest BCUT2D eigenvalue weighted by molar-refractivity contribution is 0.768. The van der Waals surface area contributed by atoms with Gasteiger partial charge in [-0.15, -0.1) is 11.8 Å². The molecule has 1 rings (SSSR count). The van der Waals surface area contributed by atoms with Crippen LogP contribution in [0.4, 0.5) is 5.69 Å². The second kappa shape index (κ2) is 5.94. The van der Waals surface area contributed by atoms with E-state index >= 15 is 0 Å². The van der Waals surface area contributed by atoms with E-state index in [9.17, 15) is 0 Å². The first-order chi connectivity index (χ1) is 6.75. The fraction of sp³-hybridized carbons (Fsp3) is 0.455. The minimum atomic E-state index is 0.887. The smallest absolute Gasteiger partial charge is 0.0354 e. The normalized spacial score (nSPS) is 10.4. The fourth-order valence-electron chi connectivity index (χ4n) is 1.20. The molecule has 1 aromatic rings. The lowest BCUT2D eigenvalue weighted by Gasteiger charge is -2.07. The Bertz CT molecular complexity index is 287. The van der Waals surface area contributed by atoms with Crippen LogP contribution in [0.3, 0.4) is 0 Å². The predicted octanol–water partition coefficient (Wildman–Crippen LogP) is 2.28. The Hall–Kier alpha value is -0.670. The summed E-state index contributed by atoms with van der Waals surface area (Å²) < 4.78 is 0. The van der Waals surface area contributed by atoms with Crippen molar-refractivity contribution in [1.82, 2.24) is 5.32 Å². The topological polar surface area (TPSA) is 38.0 Å². The van der Waals surface area contributed by atoms with E-state index in [-0.39, 0.29) is 0 Å². The van der Waals surface area contributed by atoms with E-state index in [1.165, 1.54) is 10.5 Å². The molecule has 0 aliphatic carbocycles. The molecule has 14 heavy (non-hydrogen) atoms. The predicted molar refractivity (Wildman–Crippen MR) is 64.9 cm³/mol. The molecule has 0 aromatic heterocycles. The van der Waals surface area contributed by atoms with Crippen LogP contribution in [0.5, 0.6) is 0 Å². The van der Waals surface area contributed by atoms with Gasteiger partial charge in [0.05, 0.1) is 0 Å². The van der Waals surface area contributed by atoms with Gasteiger partial charge in [0.1, 0.15) is 0 Å². The highest BCUT2D eigenvalue weighted by atomic mass is 32.2. The van der Waals surface area contributed by atoms with E-state index in [0.717, 1.165) is 24.5 Å². The zero-order chi connectivity index (χ0) is 10.4. The zero-order valence-corrected chi connectivity index (χ0v) is 9.66. The number of benzene rings is 1. The molecule has 0 saturated carbocycles. The van der Waals surface area contributed by atoms with Gasteiger partial charge in [0, 0.05) is 22.9 Å². The SMILES string of the molecule is CCNCCSc1cccc(N)c1C. The summed E-state index contributed by atoms with van der Waals surface area (Å²) in [5.41, 5.74) is 7.91. The van der Waals surface area contributed by atoms with Gasteiger partial charge in [-0.1, -0.05) is 13.0 Å².